The Labute approximate surface area is 175 Å². The molecule has 0 atom stereocenters. The minimum Gasteiger partial charge on any atom is -0.493 e. The molecule has 1 aromatic carbocycles. The van der Waals surface area contributed by atoms with Crippen molar-refractivity contribution < 1.29 is 28.5 Å². The summed E-state index contributed by atoms with van der Waals surface area (Å²) in [6.45, 7) is 12.4. The molecule has 0 unspecified atom stereocenters. The van der Waals surface area contributed by atoms with Crippen LogP contribution in [0.3, 0.4) is 0 Å². The quantitative estimate of drug-likeness (QED) is 0.285. The van der Waals surface area contributed by atoms with E-state index in [0.29, 0.717) is 61.6 Å². The first kappa shape index (κ1) is 24.7. The lowest BCUT2D eigenvalue weighted by Gasteiger charge is -2.21. The van der Waals surface area contributed by atoms with Crippen LogP contribution >= 0.6 is 0 Å². The Kier molecular flexibility index (Phi) is 12.4. The number of hydrogen-bond donors (Lipinski definition) is 0. The number of benzene rings is 1. The molecule has 0 radical (unpaired) electrons. The molecule has 0 saturated carbocycles. The van der Waals surface area contributed by atoms with E-state index < -0.39 is 5.97 Å². The molecule has 1 aromatic rings. The highest BCUT2D eigenvalue weighted by Crippen LogP contribution is 2.46. The largest absolute Gasteiger partial charge is 0.493 e. The maximum absolute atomic E-state index is 11.9. The third kappa shape index (κ3) is 8.26. The fraction of sp³-hybridized carbons (Fsp3) is 0.609. The molecule has 0 saturated heterocycles. The molecule has 0 fully saturated rings. The van der Waals surface area contributed by atoms with E-state index in [9.17, 15) is 4.79 Å². The molecule has 0 bridgehead atoms. The number of ether oxygens (including phenoxy) is 5. The van der Waals surface area contributed by atoms with Gasteiger partial charge in [-0.15, -0.1) is 0 Å². The molecule has 6 heteroatoms. The molecule has 0 aliphatic carbocycles. The van der Waals surface area contributed by atoms with Crippen LogP contribution in [0.25, 0.3) is 6.08 Å². The van der Waals surface area contributed by atoms with E-state index in [4.69, 9.17) is 23.7 Å². The van der Waals surface area contributed by atoms with E-state index in [1.165, 1.54) is 6.08 Å². The third-order valence-corrected chi connectivity index (χ3v) is 3.70. The molecular weight excluding hydrogens is 372 g/mol. The zero-order chi connectivity index (χ0) is 21.5. The standard InChI is InChI=1S/C23H36O6/c1-6-13-26-19-17-20(27-14-7-2)23(29-16-9-4)22(28-15-8-3)18(19)11-12-21(24)25-10-5/h11-12,17H,6-10,13-16H2,1-5H3. The predicted octanol–water partition coefficient (Wildman–Crippen LogP) is 5.42. The molecular formula is C23H36O6. The lowest BCUT2D eigenvalue weighted by atomic mass is 10.1. The lowest BCUT2D eigenvalue weighted by molar-refractivity contribution is -0.137. The summed E-state index contributed by atoms with van der Waals surface area (Å²) in [4.78, 5) is 11.9. The van der Waals surface area contributed by atoms with Gasteiger partial charge in [-0.1, -0.05) is 27.7 Å². The Morgan fingerprint density at radius 1 is 0.759 bits per heavy atom. The maximum Gasteiger partial charge on any atom is 0.330 e. The number of carbonyl (C=O) groups excluding carboxylic acids is 1. The van der Waals surface area contributed by atoms with Gasteiger partial charge in [-0.2, -0.15) is 0 Å². The average molecular weight is 409 g/mol. The first-order valence-corrected chi connectivity index (χ1v) is 10.7. The fourth-order valence-electron chi connectivity index (χ4n) is 2.45. The van der Waals surface area contributed by atoms with Crippen LogP contribution in [0.15, 0.2) is 12.1 Å². The highest BCUT2D eigenvalue weighted by Gasteiger charge is 2.22. The third-order valence-electron chi connectivity index (χ3n) is 3.70. The second-order valence-electron chi connectivity index (χ2n) is 6.42. The minimum absolute atomic E-state index is 0.316. The van der Waals surface area contributed by atoms with Gasteiger partial charge in [0.2, 0.25) is 5.75 Å². The summed E-state index contributed by atoms with van der Waals surface area (Å²) in [5, 5.41) is 0. The Morgan fingerprint density at radius 2 is 1.28 bits per heavy atom. The van der Waals surface area contributed by atoms with E-state index >= 15 is 0 Å². The first-order chi connectivity index (χ1) is 14.1. The maximum atomic E-state index is 11.9. The summed E-state index contributed by atoms with van der Waals surface area (Å²) < 4.78 is 29.0. The summed E-state index contributed by atoms with van der Waals surface area (Å²) >= 11 is 0. The summed E-state index contributed by atoms with van der Waals surface area (Å²) in [6.07, 6.45) is 6.45. The molecule has 164 valence electrons. The first-order valence-electron chi connectivity index (χ1n) is 10.7. The van der Waals surface area contributed by atoms with Crippen LogP contribution in [0.1, 0.15) is 65.9 Å². The normalized spacial score (nSPS) is 10.8. The van der Waals surface area contributed by atoms with E-state index in [1.54, 1.807) is 13.0 Å². The number of hydrogen-bond acceptors (Lipinski definition) is 6. The summed E-state index contributed by atoms with van der Waals surface area (Å²) in [7, 11) is 0. The van der Waals surface area contributed by atoms with Crippen LogP contribution in [0.2, 0.25) is 0 Å². The zero-order valence-electron chi connectivity index (χ0n) is 18.5. The highest BCUT2D eigenvalue weighted by atomic mass is 16.5. The highest BCUT2D eigenvalue weighted by molar-refractivity contribution is 5.89. The molecule has 0 aromatic heterocycles. The van der Waals surface area contributed by atoms with Crippen molar-refractivity contribution in [2.45, 2.75) is 60.3 Å². The van der Waals surface area contributed by atoms with Gasteiger partial charge < -0.3 is 23.7 Å². The van der Waals surface area contributed by atoms with Gasteiger partial charge in [0.1, 0.15) is 5.75 Å². The van der Waals surface area contributed by atoms with Gasteiger partial charge in [-0.05, 0) is 38.7 Å². The molecule has 0 amide bonds. The van der Waals surface area contributed by atoms with Gasteiger partial charge in [-0.25, -0.2) is 4.79 Å². The van der Waals surface area contributed by atoms with Crippen LogP contribution in [0.5, 0.6) is 23.0 Å². The van der Waals surface area contributed by atoms with Crippen molar-refractivity contribution >= 4 is 12.0 Å². The number of esters is 1. The van der Waals surface area contributed by atoms with E-state index in [2.05, 4.69) is 0 Å². The molecule has 0 aliphatic rings. The van der Waals surface area contributed by atoms with Crippen LogP contribution < -0.4 is 18.9 Å². The van der Waals surface area contributed by atoms with Crippen molar-refractivity contribution in [3.05, 3.63) is 17.7 Å². The van der Waals surface area contributed by atoms with Crippen molar-refractivity contribution in [1.29, 1.82) is 0 Å². The molecule has 0 heterocycles. The Morgan fingerprint density at radius 3 is 1.83 bits per heavy atom. The molecule has 1 rings (SSSR count). The summed E-state index contributed by atoms with van der Waals surface area (Å²) in [5.41, 5.74) is 0.648. The molecule has 0 N–H and O–H groups in total. The van der Waals surface area contributed by atoms with Crippen molar-refractivity contribution in [3.8, 4) is 23.0 Å². The SMILES string of the molecule is CCCOc1cc(OCCC)c(OCCC)c(OCCC)c1C=CC(=O)OCC. The van der Waals surface area contributed by atoms with Gasteiger partial charge in [0, 0.05) is 12.1 Å². The Balaban J connectivity index is 3.54. The van der Waals surface area contributed by atoms with Gasteiger partial charge in [0.05, 0.1) is 38.6 Å². The second-order valence-corrected chi connectivity index (χ2v) is 6.42. The van der Waals surface area contributed by atoms with Crippen LogP contribution in [-0.4, -0.2) is 39.0 Å². The number of rotatable bonds is 15. The second kappa shape index (κ2) is 14.6. The van der Waals surface area contributed by atoms with Gasteiger partial charge in [0.15, 0.2) is 11.5 Å². The van der Waals surface area contributed by atoms with E-state index in [1.807, 2.05) is 33.8 Å². The van der Waals surface area contributed by atoms with Gasteiger partial charge in [-0.3, -0.25) is 0 Å². The van der Waals surface area contributed by atoms with Crippen molar-refractivity contribution in [2.75, 3.05) is 33.0 Å². The molecule has 29 heavy (non-hydrogen) atoms. The molecule has 0 spiro atoms. The molecule has 6 nitrogen and oxygen atoms in total. The van der Waals surface area contributed by atoms with Gasteiger partial charge in [0.25, 0.3) is 0 Å². The van der Waals surface area contributed by atoms with Crippen molar-refractivity contribution in [1.82, 2.24) is 0 Å². The monoisotopic (exact) mass is 408 g/mol. The van der Waals surface area contributed by atoms with Crippen molar-refractivity contribution in [3.63, 3.8) is 0 Å². The van der Waals surface area contributed by atoms with Gasteiger partial charge >= 0.3 is 5.97 Å². The van der Waals surface area contributed by atoms with E-state index in [-0.39, 0.29) is 0 Å². The smallest absolute Gasteiger partial charge is 0.330 e. The van der Waals surface area contributed by atoms with Crippen LogP contribution in [-0.2, 0) is 9.53 Å². The van der Waals surface area contributed by atoms with Crippen LogP contribution in [0, 0.1) is 0 Å². The predicted molar refractivity (Wildman–Crippen MR) is 115 cm³/mol. The molecule has 0 aliphatic heterocycles. The van der Waals surface area contributed by atoms with Crippen molar-refractivity contribution in [2.24, 2.45) is 0 Å². The summed E-state index contributed by atoms with van der Waals surface area (Å²) in [5.74, 6) is 1.83. The topological polar surface area (TPSA) is 63.2 Å². The average Bonchev–Trinajstić information content (AvgIpc) is 2.72. The van der Waals surface area contributed by atoms with Crippen LogP contribution in [0.4, 0.5) is 0 Å². The Bertz CT molecular complexity index is 639. The zero-order valence-corrected chi connectivity index (χ0v) is 18.5. The number of carbonyl (C=O) groups is 1. The summed E-state index contributed by atoms with van der Waals surface area (Å²) in [6, 6.07) is 1.82. The fourth-order valence-corrected chi connectivity index (χ4v) is 2.45. The Hall–Kier alpha value is -2.37. The van der Waals surface area contributed by atoms with E-state index in [0.717, 1.165) is 25.7 Å². The minimum atomic E-state index is -0.419. The lowest BCUT2D eigenvalue weighted by Crippen LogP contribution is -2.08.